The molecule has 1 aromatic carbocycles. The van der Waals surface area contributed by atoms with E-state index < -0.39 is 0 Å². The van der Waals surface area contributed by atoms with Gasteiger partial charge >= 0.3 is 0 Å². The Morgan fingerprint density at radius 3 is 2.78 bits per heavy atom. The summed E-state index contributed by atoms with van der Waals surface area (Å²) in [5.41, 5.74) is 2.43. The molecule has 1 unspecified atom stereocenters. The van der Waals surface area contributed by atoms with Crippen molar-refractivity contribution in [1.82, 2.24) is 5.32 Å². The lowest BCUT2D eigenvalue weighted by Gasteiger charge is -2.14. The van der Waals surface area contributed by atoms with Crippen LogP contribution in [0.4, 0.5) is 0 Å². The second-order valence-electron chi connectivity index (χ2n) is 5.70. The Bertz CT molecular complexity index is 679. The van der Waals surface area contributed by atoms with Crippen molar-refractivity contribution in [2.75, 3.05) is 14.2 Å². The summed E-state index contributed by atoms with van der Waals surface area (Å²) in [5, 5.41) is 2.91. The van der Waals surface area contributed by atoms with Crippen LogP contribution in [-0.2, 0) is 17.8 Å². The highest BCUT2D eigenvalue weighted by Crippen LogP contribution is 2.41. The average molecular weight is 315 g/mol. The van der Waals surface area contributed by atoms with Crippen LogP contribution in [0.2, 0.25) is 0 Å². The molecule has 5 nitrogen and oxygen atoms in total. The minimum Gasteiger partial charge on any atom is -0.493 e. The van der Waals surface area contributed by atoms with Crippen molar-refractivity contribution < 1.29 is 18.7 Å². The lowest BCUT2D eigenvalue weighted by atomic mass is 9.97. The van der Waals surface area contributed by atoms with E-state index in [1.165, 1.54) is 11.1 Å². The fourth-order valence-electron chi connectivity index (χ4n) is 3.13. The van der Waals surface area contributed by atoms with E-state index in [0.29, 0.717) is 18.7 Å². The molecule has 1 N–H and O–H groups in total. The zero-order chi connectivity index (χ0) is 16.2. The standard InChI is InChI=1S/C18H21NO4/c1-21-16-8-12-5-6-13(15(12)10-17(16)22-2)9-18(20)19-11-14-4-3-7-23-14/h3-4,7-8,10,13H,5-6,9,11H2,1-2H3,(H,19,20). The van der Waals surface area contributed by atoms with Crippen LogP contribution in [0.1, 0.15) is 35.6 Å². The summed E-state index contributed by atoms with van der Waals surface area (Å²) in [6.45, 7) is 0.428. The molecule has 0 bridgehead atoms. The Balaban J connectivity index is 1.66. The third-order valence-electron chi connectivity index (χ3n) is 4.32. The minimum absolute atomic E-state index is 0.0361. The first-order valence-corrected chi connectivity index (χ1v) is 7.75. The van der Waals surface area contributed by atoms with E-state index in [4.69, 9.17) is 13.9 Å². The quantitative estimate of drug-likeness (QED) is 0.890. The predicted molar refractivity (Wildman–Crippen MR) is 85.8 cm³/mol. The van der Waals surface area contributed by atoms with Gasteiger partial charge in [-0.05, 0) is 54.2 Å². The number of rotatable bonds is 6. The monoisotopic (exact) mass is 315 g/mol. The van der Waals surface area contributed by atoms with Crippen molar-refractivity contribution in [2.45, 2.75) is 31.7 Å². The summed E-state index contributed by atoms with van der Waals surface area (Å²) in [6, 6.07) is 7.69. The number of aryl methyl sites for hydroxylation is 1. The lowest BCUT2D eigenvalue weighted by Crippen LogP contribution is -2.24. The molecule has 3 rings (SSSR count). The first-order chi connectivity index (χ1) is 11.2. The van der Waals surface area contributed by atoms with E-state index in [9.17, 15) is 4.79 Å². The molecule has 2 aromatic rings. The molecule has 1 aromatic heterocycles. The van der Waals surface area contributed by atoms with Crippen molar-refractivity contribution in [2.24, 2.45) is 0 Å². The van der Waals surface area contributed by atoms with Crippen LogP contribution in [0.5, 0.6) is 11.5 Å². The number of carbonyl (C=O) groups is 1. The molecule has 23 heavy (non-hydrogen) atoms. The van der Waals surface area contributed by atoms with Gasteiger partial charge in [0.1, 0.15) is 5.76 Å². The fraction of sp³-hybridized carbons (Fsp3) is 0.389. The van der Waals surface area contributed by atoms with Crippen molar-refractivity contribution in [3.05, 3.63) is 47.4 Å². The van der Waals surface area contributed by atoms with E-state index >= 15 is 0 Å². The molecule has 0 fully saturated rings. The van der Waals surface area contributed by atoms with E-state index in [1.54, 1.807) is 20.5 Å². The maximum absolute atomic E-state index is 12.2. The van der Waals surface area contributed by atoms with Gasteiger partial charge in [-0.3, -0.25) is 4.79 Å². The fourth-order valence-corrected chi connectivity index (χ4v) is 3.13. The summed E-state index contributed by atoms with van der Waals surface area (Å²) >= 11 is 0. The number of benzene rings is 1. The lowest BCUT2D eigenvalue weighted by molar-refractivity contribution is -0.121. The third kappa shape index (κ3) is 3.33. The number of amides is 1. The van der Waals surface area contributed by atoms with Gasteiger partial charge < -0.3 is 19.2 Å². The van der Waals surface area contributed by atoms with Crippen LogP contribution in [0.15, 0.2) is 34.9 Å². The summed E-state index contributed by atoms with van der Waals surface area (Å²) in [6.07, 6.45) is 4.02. The number of nitrogens with one attached hydrogen (secondary N) is 1. The van der Waals surface area contributed by atoms with E-state index in [1.807, 2.05) is 24.3 Å². The Kier molecular flexibility index (Phi) is 4.55. The molecular formula is C18H21NO4. The van der Waals surface area contributed by atoms with Crippen LogP contribution in [-0.4, -0.2) is 20.1 Å². The third-order valence-corrected chi connectivity index (χ3v) is 4.32. The van der Waals surface area contributed by atoms with Crippen LogP contribution in [0.25, 0.3) is 0 Å². The Morgan fingerprint density at radius 1 is 1.30 bits per heavy atom. The topological polar surface area (TPSA) is 60.7 Å². The Hall–Kier alpha value is -2.43. The molecule has 1 amide bonds. The van der Waals surface area contributed by atoms with Crippen molar-refractivity contribution in [3.63, 3.8) is 0 Å². The molecule has 122 valence electrons. The smallest absolute Gasteiger partial charge is 0.220 e. The van der Waals surface area contributed by atoms with E-state index in [0.717, 1.165) is 24.4 Å². The Morgan fingerprint density at radius 2 is 2.09 bits per heavy atom. The highest BCUT2D eigenvalue weighted by atomic mass is 16.5. The second-order valence-corrected chi connectivity index (χ2v) is 5.70. The zero-order valence-electron chi connectivity index (χ0n) is 13.4. The normalized spacial score (nSPS) is 16.0. The molecule has 1 atom stereocenters. The minimum atomic E-state index is 0.0361. The first kappa shape index (κ1) is 15.5. The number of furan rings is 1. The number of hydrogen-bond donors (Lipinski definition) is 1. The van der Waals surface area contributed by atoms with Gasteiger partial charge in [-0.1, -0.05) is 0 Å². The maximum Gasteiger partial charge on any atom is 0.220 e. The molecule has 0 aliphatic heterocycles. The van der Waals surface area contributed by atoms with Gasteiger partial charge in [0.2, 0.25) is 5.91 Å². The maximum atomic E-state index is 12.2. The average Bonchev–Trinajstić information content (AvgIpc) is 3.21. The number of ether oxygens (including phenoxy) is 2. The zero-order valence-corrected chi connectivity index (χ0v) is 13.4. The first-order valence-electron chi connectivity index (χ1n) is 7.75. The molecule has 5 heteroatoms. The molecular weight excluding hydrogens is 294 g/mol. The van der Waals surface area contributed by atoms with Crippen LogP contribution in [0, 0.1) is 0 Å². The molecule has 0 spiro atoms. The summed E-state index contributed by atoms with van der Waals surface area (Å²) in [7, 11) is 3.27. The molecule has 0 saturated carbocycles. The van der Waals surface area contributed by atoms with Crippen LogP contribution < -0.4 is 14.8 Å². The van der Waals surface area contributed by atoms with Crippen molar-refractivity contribution in [3.8, 4) is 11.5 Å². The molecule has 1 heterocycles. The summed E-state index contributed by atoms with van der Waals surface area (Å²) in [5.74, 6) is 2.48. The van der Waals surface area contributed by atoms with Gasteiger partial charge in [-0.2, -0.15) is 0 Å². The van der Waals surface area contributed by atoms with Gasteiger partial charge in [0, 0.05) is 6.42 Å². The predicted octanol–water partition coefficient (Wildman–Crippen LogP) is 3.03. The SMILES string of the molecule is COc1cc2c(cc1OC)C(CC(=O)NCc1ccco1)CC2. The summed E-state index contributed by atoms with van der Waals surface area (Å²) < 4.78 is 15.9. The molecule has 0 saturated heterocycles. The summed E-state index contributed by atoms with van der Waals surface area (Å²) in [4.78, 5) is 12.2. The number of carbonyl (C=O) groups excluding carboxylic acids is 1. The van der Waals surface area contributed by atoms with Gasteiger partial charge in [0.05, 0.1) is 27.0 Å². The Labute approximate surface area is 135 Å². The van der Waals surface area contributed by atoms with Crippen molar-refractivity contribution in [1.29, 1.82) is 0 Å². The van der Waals surface area contributed by atoms with Crippen LogP contribution >= 0.6 is 0 Å². The van der Waals surface area contributed by atoms with Gasteiger partial charge in [-0.15, -0.1) is 0 Å². The number of methoxy groups -OCH3 is 2. The molecule has 1 aliphatic carbocycles. The number of hydrogen-bond acceptors (Lipinski definition) is 4. The highest BCUT2D eigenvalue weighted by molar-refractivity contribution is 5.77. The molecule has 1 aliphatic rings. The second kappa shape index (κ2) is 6.77. The van der Waals surface area contributed by atoms with Crippen molar-refractivity contribution >= 4 is 5.91 Å². The van der Waals surface area contributed by atoms with Crippen LogP contribution in [0.3, 0.4) is 0 Å². The van der Waals surface area contributed by atoms with E-state index in [2.05, 4.69) is 5.32 Å². The molecule has 0 radical (unpaired) electrons. The van der Waals surface area contributed by atoms with Gasteiger partial charge in [-0.25, -0.2) is 0 Å². The largest absolute Gasteiger partial charge is 0.493 e. The van der Waals surface area contributed by atoms with E-state index in [-0.39, 0.29) is 11.8 Å². The number of fused-ring (bicyclic) bond motifs is 1. The van der Waals surface area contributed by atoms with Gasteiger partial charge in [0.15, 0.2) is 11.5 Å². The highest BCUT2D eigenvalue weighted by Gasteiger charge is 2.26. The van der Waals surface area contributed by atoms with Gasteiger partial charge in [0.25, 0.3) is 0 Å².